The van der Waals surface area contributed by atoms with E-state index in [1.807, 2.05) is 0 Å². The number of rotatable bonds is 0. The summed E-state index contributed by atoms with van der Waals surface area (Å²) in [6.45, 7) is 0. The van der Waals surface area contributed by atoms with Crippen molar-refractivity contribution in [3.63, 3.8) is 0 Å². The van der Waals surface area contributed by atoms with Gasteiger partial charge in [0.25, 0.3) is 0 Å². The summed E-state index contributed by atoms with van der Waals surface area (Å²) in [6, 6.07) is 0. The van der Waals surface area contributed by atoms with Crippen molar-refractivity contribution in [2.45, 2.75) is 0 Å². The summed E-state index contributed by atoms with van der Waals surface area (Å²) >= 11 is 0. The Bertz CT molecular complexity index is 86.6. The van der Waals surface area contributed by atoms with Gasteiger partial charge >= 0.3 is 12.3 Å². The van der Waals surface area contributed by atoms with Gasteiger partial charge in [0, 0.05) is 0 Å². The van der Waals surface area contributed by atoms with Crippen molar-refractivity contribution in [1.82, 2.24) is 0 Å². The van der Waals surface area contributed by atoms with Gasteiger partial charge in [-0.05, 0) is 0 Å². The second-order valence-corrected chi connectivity index (χ2v) is 0.634. The van der Waals surface area contributed by atoms with E-state index in [2.05, 4.69) is 4.74 Å². The Hall–Kier alpha value is -0.970. The van der Waals surface area contributed by atoms with Crippen LogP contribution in [0.1, 0.15) is 0 Å². The molecule has 0 amide bonds. The Morgan fingerprint density at radius 1 is 1.12 bits per heavy atom. The second kappa shape index (κ2) is 4.20. The Balaban J connectivity index is 0. The fourth-order valence-corrected chi connectivity index (χ4v) is 0.0747. The van der Waals surface area contributed by atoms with Crippen molar-refractivity contribution >= 4 is 24.7 Å². The average Bonchev–Trinajstić information content (AvgIpc) is 1.27. The molecular formula is C2H3ClO5. The maximum atomic E-state index is 9.21. The van der Waals surface area contributed by atoms with Crippen LogP contribution in [0.5, 0.6) is 0 Å². The molecule has 0 atom stereocenters. The Morgan fingerprint density at radius 2 is 1.38 bits per heavy atom. The van der Waals surface area contributed by atoms with Gasteiger partial charge in [0.05, 0.1) is 0 Å². The van der Waals surface area contributed by atoms with E-state index in [0.717, 1.165) is 0 Å². The number of hydrogen-bond donors (Lipinski definition) is 2. The van der Waals surface area contributed by atoms with Gasteiger partial charge in [-0.2, -0.15) is 0 Å². The van der Waals surface area contributed by atoms with Crippen molar-refractivity contribution < 1.29 is 24.5 Å². The fourth-order valence-electron chi connectivity index (χ4n) is 0.0747. The van der Waals surface area contributed by atoms with E-state index in [-0.39, 0.29) is 12.4 Å². The minimum Gasteiger partial charge on any atom is -0.449 e. The summed E-state index contributed by atoms with van der Waals surface area (Å²) in [4.78, 5) is 18.4. The first-order chi connectivity index (χ1) is 3.13. The molecule has 0 unspecified atom stereocenters. The minimum atomic E-state index is -1.81. The highest BCUT2D eigenvalue weighted by Gasteiger charge is 2.01. The van der Waals surface area contributed by atoms with E-state index < -0.39 is 12.3 Å². The third-order valence-corrected chi connectivity index (χ3v) is 0.175. The zero-order chi connectivity index (χ0) is 5.86. The lowest BCUT2D eigenvalue weighted by Gasteiger charge is -1.84. The zero-order valence-corrected chi connectivity index (χ0v) is 4.34. The number of halogens is 1. The first-order valence-electron chi connectivity index (χ1n) is 1.26. The van der Waals surface area contributed by atoms with Crippen molar-refractivity contribution in [2.75, 3.05) is 0 Å². The van der Waals surface area contributed by atoms with E-state index in [4.69, 9.17) is 10.2 Å². The Kier molecular flexibility index (Phi) is 5.30. The lowest BCUT2D eigenvalue weighted by Crippen LogP contribution is -2.05. The highest BCUT2D eigenvalue weighted by atomic mass is 35.5. The van der Waals surface area contributed by atoms with Gasteiger partial charge in [-0.3, -0.25) is 0 Å². The summed E-state index contributed by atoms with van der Waals surface area (Å²) in [7, 11) is 0. The monoisotopic (exact) mass is 142 g/mol. The number of carbonyl (C=O) groups is 2. The zero-order valence-electron chi connectivity index (χ0n) is 3.53. The van der Waals surface area contributed by atoms with Crippen LogP contribution in [-0.4, -0.2) is 22.5 Å². The van der Waals surface area contributed by atoms with Crippen molar-refractivity contribution in [1.29, 1.82) is 0 Å². The minimum absolute atomic E-state index is 0. The molecule has 0 saturated carbocycles. The highest BCUT2D eigenvalue weighted by Crippen LogP contribution is 1.73. The van der Waals surface area contributed by atoms with Gasteiger partial charge in [0.2, 0.25) is 0 Å². The summed E-state index contributed by atoms with van der Waals surface area (Å²) in [6.07, 6.45) is -3.62. The lowest BCUT2D eigenvalue weighted by atomic mass is 11.3. The molecule has 0 aromatic heterocycles. The molecule has 0 aromatic carbocycles. The first kappa shape index (κ1) is 10.1. The van der Waals surface area contributed by atoms with Gasteiger partial charge in [0.15, 0.2) is 0 Å². The molecule has 48 valence electrons. The van der Waals surface area contributed by atoms with Crippen LogP contribution in [0.2, 0.25) is 0 Å². The van der Waals surface area contributed by atoms with E-state index in [1.165, 1.54) is 0 Å². The maximum absolute atomic E-state index is 9.21. The molecule has 0 spiro atoms. The lowest BCUT2D eigenvalue weighted by molar-refractivity contribution is 0.0802. The Labute approximate surface area is 50.3 Å². The number of hydrogen-bond acceptors (Lipinski definition) is 3. The van der Waals surface area contributed by atoms with Crippen LogP contribution in [0, 0.1) is 0 Å². The number of carboxylic acid groups (broad SMARTS) is 2. The number of ether oxygens (including phenoxy) is 1. The molecule has 0 aromatic rings. The standard InChI is InChI=1S/C2H2O5.ClH/c3-1(4)7-2(5)6;/h(H,3,4)(H,5,6);1H. The molecule has 2 N–H and O–H groups in total. The van der Waals surface area contributed by atoms with Gasteiger partial charge in [0.1, 0.15) is 0 Å². The highest BCUT2D eigenvalue weighted by molar-refractivity contribution is 5.85. The molecule has 5 nitrogen and oxygen atoms in total. The van der Waals surface area contributed by atoms with Gasteiger partial charge in [-0.25, -0.2) is 9.59 Å². The van der Waals surface area contributed by atoms with Gasteiger partial charge in [-0.15, -0.1) is 12.4 Å². The normalized spacial score (nSPS) is 6.50. The predicted octanol–water partition coefficient (Wildman–Crippen LogP) is 0.781. The summed E-state index contributed by atoms with van der Waals surface area (Å²) in [5.41, 5.74) is 0. The summed E-state index contributed by atoms with van der Waals surface area (Å²) < 4.78 is 3.08. The van der Waals surface area contributed by atoms with E-state index >= 15 is 0 Å². The molecule has 0 fully saturated rings. The van der Waals surface area contributed by atoms with Crippen LogP contribution in [0.25, 0.3) is 0 Å². The van der Waals surface area contributed by atoms with Crippen LogP contribution >= 0.6 is 12.4 Å². The van der Waals surface area contributed by atoms with E-state index in [9.17, 15) is 9.59 Å². The Morgan fingerprint density at radius 3 is 1.38 bits per heavy atom. The molecule has 6 heteroatoms. The van der Waals surface area contributed by atoms with Crippen LogP contribution in [0.4, 0.5) is 9.59 Å². The fraction of sp³-hybridized carbons (Fsp3) is 0. The molecular weight excluding hydrogens is 139 g/mol. The molecule has 0 bridgehead atoms. The average molecular weight is 142 g/mol. The molecule has 0 aliphatic carbocycles. The first-order valence-corrected chi connectivity index (χ1v) is 1.26. The van der Waals surface area contributed by atoms with Crippen molar-refractivity contribution in [3.05, 3.63) is 0 Å². The van der Waals surface area contributed by atoms with Crippen LogP contribution < -0.4 is 0 Å². The topological polar surface area (TPSA) is 83.8 Å². The maximum Gasteiger partial charge on any atom is 0.516 e. The van der Waals surface area contributed by atoms with Crippen LogP contribution in [-0.2, 0) is 4.74 Å². The molecule has 0 radical (unpaired) electrons. The van der Waals surface area contributed by atoms with Gasteiger partial charge < -0.3 is 14.9 Å². The third-order valence-electron chi connectivity index (χ3n) is 0.175. The molecule has 0 saturated heterocycles. The molecule has 8 heavy (non-hydrogen) atoms. The van der Waals surface area contributed by atoms with Crippen LogP contribution in [0.3, 0.4) is 0 Å². The second-order valence-electron chi connectivity index (χ2n) is 0.634. The van der Waals surface area contributed by atoms with Gasteiger partial charge in [-0.1, -0.05) is 0 Å². The SMILES string of the molecule is Cl.O=C(O)OC(=O)O. The summed E-state index contributed by atoms with van der Waals surface area (Å²) in [5.74, 6) is 0. The summed E-state index contributed by atoms with van der Waals surface area (Å²) in [5, 5.41) is 15.0. The predicted molar refractivity (Wildman–Crippen MR) is 24.4 cm³/mol. The molecule has 0 heterocycles. The van der Waals surface area contributed by atoms with Crippen molar-refractivity contribution in [3.8, 4) is 0 Å². The molecule has 0 rings (SSSR count). The third kappa shape index (κ3) is 8.90. The van der Waals surface area contributed by atoms with E-state index in [0.29, 0.717) is 0 Å². The molecule has 0 aliphatic rings. The van der Waals surface area contributed by atoms with Crippen LogP contribution in [0.15, 0.2) is 0 Å². The quantitative estimate of drug-likeness (QED) is 0.386. The smallest absolute Gasteiger partial charge is 0.449 e. The van der Waals surface area contributed by atoms with Crippen molar-refractivity contribution in [2.24, 2.45) is 0 Å². The largest absolute Gasteiger partial charge is 0.516 e. The van der Waals surface area contributed by atoms with E-state index in [1.54, 1.807) is 0 Å². The molecule has 0 aliphatic heterocycles.